The van der Waals surface area contributed by atoms with Gasteiger partial charge < -0.3 is 15.0 Å². The number of ether oxygens (including phenoxy) is 1. The van der Waals surface area contributed by atoms with E-state index in [4.69, 9.17) is 16.3 Å². The van der Waals surface area contributed by atoms with Crippen LogP contribution in [0.2, 0.25) is 5.02 Å². The quantitative estimate of drug-likeness (QED) is 0.312. The van der Waals surface area contributed by atoms with Crippen molar-refractivity contribution in [3.05, 3.63) is 101 Å². The fraction of sp³-hybridized carbons (Fsp3) is 0.375. The van der Waals surface area contributed by atoms with E-state index in [1.54, 1.807) is 11.0 Å². The zero-order chi connectivity index (χ0) is 26.7. The third-order valence-electron chi connectivity index (χ3n) is 7.16. The van der Waals surface area contributed by atoms with E-state index in [0.717, 1.165) is 43.2 Å². The van der Waals surface area contributed by atoms with Crippen molar-refractivity contribution in [2.45, 2.75) is 70.5 Å². The Balaban J connectivity index is 1.59. The number of carbonyl (C=O) groups excluding carboxylic acids is 2. The molecule has 38 heavy (non-hydrogen) atoms. The molecule has 1 aliphatic rings. The lowest BCUT2D eigenvalue weighted by atomic mass is 9.94. The molecule has 200 valence electrons. The van der Waals surface area contributed by atoms with Crippen molar-refractivity contribution in [2.75, 3.05) is 6.61 Å². The summed E-state index contributed by atoms with van der Waals surface area (Å²) in [4.78, 5) is 29.2. The molecule has 1 saturated carbocycles. The molecule has 1 aliphatic carbocycles. The second-order valence-electron chi connectivity index (χ2n) is 9.99. The van der Waals surface area contributed by atoms with Crippen LogP contribution in [-0.2, 0) is 29.0 Å². The van der Waals surface area contributed by atoms with Crippen molar-refractivity contribution in [1.82, 2.24) is 10.2 Å². The minimum Gasteiger partial charge on any atom is -0.484 e. The van der Waals surface area contributed by atoms with Crippen LogP contribution >= 0.6 is 11.6 Å². The summed E-state index contributed by atoms with van der Waals surface area (Å²) in [5, 5.41) is 3.85. The maximum Gasteiger partial charge on any atom is 0.261 e. The monoisotopic (exact) mass is 532 g/mol. The molecule has 1 N–H and O–H groups in total. The van der Waals surface area contributed by atoms with Crippen molar-refractivity contribution in [3.8, 4) is 5.75 Å². The summed E-state index contributed by atoms with van der Waals surface area (Å²) in [5.41, 5.74) is 3.06. The lowest BCUT2D eigenvalue weighted by molar-refractivity contribution is -0.143. The predicted molar refractivity (Wildman–Crippen MR) is 152 cm³/mol. The first kappa shape index (κ1) is 27.7. The number of aryl methyl sites for hydroxylation is 1. The van der Waals surface area contributed by atoms with Crippen LogP contribution < -0.4 is 10.1 Å². The summed E-state index contributed by atoms with van der Waals surface area (Å²) in [6.07, 6.45) is 6.73. The van der Waals surface area contributed by atoms with Gasteiger partial charge in [0.1, 0.15) is 11.8 Å². The van der Waals surface area contributed by atoms with Crippen LogP contribution in [0.15, 0.2) is 78.9 Å². The average Bonchev–Trinajstić information content (AvgIpc) is 2.95. The van der Waals surface area contributed by atoms with Crippen molar-refractivity contribution in [2.24, 2.45) is 0 Å². The van der Waals surface area contributed by atoms with Crippen LogP contribution in [0.5, 0.6) is 5.75 Å². The van der Waals surface area contributed by atoms with Crippen LogP contribution in [0, 0.1) is 0 Å². The van der Waals surface area contributed by atoms with Crippen LogP contribution in [0.1, 0.15) is 55.7 Å². The second kappa shape index (κ2) is 14.0. The Hall–Kier alpha value is -3.31. The minimum atomic E-state index is -0.683. The van der Waals surface area contributed by atoms with E-state index < -0.39 is 6.04 Å². The molecule has 0 unspecified atom stereocenters. The van der Waals surface area contributed by atoms with Crippen LogP contribution in [0.3, 0.4) is 0 Å². The number of carbonyl (C=O) groups is 2. The van der Waals surface area contributed by atoms with E-state index in [0.29, 0.717) is 17.2 Å². The zero-order valence-electron chi connectivity index (χ0n) is 22.1. The number of hydrogen-bond acceptors (Lipinski definition) is 3. The van der Waals surface area contributed by atoms with E-state index in [1.807, 2.05) is 72.8 Å². The van der Waals surface area contributed by atoms with Gasteiger partial charge in [0.05, 0.1) is 0 Å². The Morgan fingerprint density at radius 2 is 1.63 bits per heavy atom. The number of amides is 2. The van der Waals surface area contributed by atoms with Crippen LogP contribution in [0.25, 0.3) is 0 Å². The molecule has 4 rings (SSSR count). The number of rotatable bonds is 11. The topological polar surface area (TPSA) is 58.6 Å². The molecule has 1 atom stereocenters. The molecule has 0 bridgehead atoms. The predicted octanol–water partition coefficient (Wildman–Crippen LogP) is 6.37. The van der Waals surface area contributed by atoms with Gasteiger partial charge in [-0.1, -0.05) is 92.4 Å². The lowest BCUT2D eigenvalue weighted by Gasteiger charge is -2.33. The first-order valence-corrected chi connectivity index (χ1v) is 14.0. The largest absolute Gasteiger partial charge is 0.484 e. The smallest absolute Gasteiger partial charge is 0.261 e. The molecule has 0 saturated heterocycles. The van der Waals surface area contributed by atoms with Crippen LogP contribution in [0.4, 0.5) is 0 Å². The average molecular weight is 533 g/mol. The van der Waals surface area contributed by atoms with Gasteiger partial charge in [-0.2, -0.15) is 0 Å². The molecular weight excluding hydrogens is 496 g/mol. The van der Waals surface area contributed by atoms with E-state index >= 15 is 0 Å². The molecule has 0 aliphatic heterocycles. The molecule has 2 amide bonds. The van der Waals surface area contributed by atoms with Crippen molar-refractivity contribution < 1.29 is 14.3 Å². The van der Waals surface area contributed by atoms with Gasteiger partial charge in [0.25, 0.3) is 5.91 Å². The van der Waals surface area contributed by atoms with Gasteiger partial charge in [-0.3, -0.25) is 9.59 Å². The normalized spacial score (nSPS) is 14.5. The van der Waals surface area contributed by atoms with E-state index in [2.05, 4.69) is 12.2 Å². The SMILES string of the molecule is CCc1ccc(OCC(=O)N(Cc2cccc(Cl)c2)[C@@H](Cc2ccccc2)C(=O)NC2CCCCC2)cc1. The van der Waals surface area contributed by atoms with Gasteiger partial charge in [0.15, 0.2) is 6.61 Å². The molecule has 6 heteroatoms. The highest BCUT2D eigenvalue weighted by Gasteiger charge is 2.32. The van der Waals surface area contributed by atoms with Gasteiger partial charge >= 0.3 is 0 Å². The highest BCUT2D eigenvalue weighted by molar-refractivity contribution is 6.30. The molecule has 3 aromatic carbocycles. The summed E-state index contributed by atoms with van der Waals surface area (Å²) in [6.45, 7) is 2.19. The van der Waals surface area contributed by atoms with Gasteiger partial charge in [-0.15, -0.1) is 0 Å². The highest BCUT2D eigenvalue weighted by Crippen LogP contribution is 2.21. The summed E-state index contributed by atoms with van der Waals surface area (Å²) in [6, 6.07) is 24.5. The fourth-order valence-corrected chi connectivity index (χ4v) is 5.19. The van der Waals surface area contributed by atoms with Crippen molar-refractivity contribution in [3.63, 3.8) is 0 Å². The molecule has 1 fully saturated rings. The standard InChI is InChI=1S/C32H37ClN2O3/c1-2-24-16-18-29(19-17-24)38-23-31(36)35(22-26-12-9-13-27(33)20-26)30(21-25-10-5-3-6-11-25)32(37)34-28-14-7-4-8-15-28/h3,5-6,9-13,16-20,28,30H,2,4,7-8,14-15,21-23H2,1H3,(H,34,37)/t30-/m0/s1. The zero-order valence-corrected chi connectivity index (χ0v) is 22.8. The summed E-state index contributed by atoms with van der Waals surface area (Å²) in [5.74, 6) is 0.261. The maximum atomic E-state index is 13.8. The molecule has 3 aromatic rings. The number of halogens is 1. The van der Waals surface area contributed by atoms with Crippen molar-refractivity contribution >= 4 is 23.4 Å². The van der Waals surface area contributed by atoms with E-state index in [-0.39, 0.29) is 31.0 Å². The molecule has 0 spiro atoms. The highest BCUT2D eigenvalue weighted by atomic mass is 35.5. The third kappa shape index (κ3) is 8.09. The number of hydrogen-bond donors (Lipinski definition) is 1. The molecule has 0 aromatic heterocycles. The lowest BCUT2D eigenvalue weighted by Crippen LogP contribution is -2.53. The first-order chi connectivity index (χ1) is 18.5. The summed E-state index contributed by atoms with van der Waals surface area (Å²) < 4.78 is 5.89. The van der Waals surface area contributed by atoms with Gasteiger partial charge in [0.2, 0.25) is 5.91 Å². The first-order valence-electron chi connectivity index (χ1n) is 13.6. The Kier molecular flexibility index (Phi) is 10.2. The summed E-state index contributed by atoms with van der Waals surface area (Å²) >= 11 is 6.27. The van der Waals surface area contributed by atoms with E-state index in [9.17, 15) is 9.59 Å². The molecule has 0 radical (unpaired) electrons. The van der Waals surface area contributed by atoms with Gasteiger partial charge in [-0.05, 0) is 60.2 Å². The Labute approximate surface area is 231 Å². The fourth-order valence-electron chi connectivity index (χ4n) is 4.98. The molecule has 5 nitrogen and oxygen atoms in total. The molecule has 0 heterocycles. The Bertz CT molecular complexity index is 1180. The van der Waals surface area contributed by atoms with Gasteiger partial charge in [0, 0.05) is 24.0 Å². The second-order valence-corrected chi connectivity index (χ2v) is 10.4. The maximum absolute atomic E-state index is 13.8. The summed E-state index contributed by atoms with van der Waals surface area (Å²) in [7, 11) is 0. The van der Waals surface area contributed by atoms with Crippen molar-refractivity contribution in [1.29, 1.82) is 0 Å². The molecular formula is C32H37ClN2O3. The van der Waals surface area contributed by atoms with Gasteiger partial charge in [-0.25, -0.2) is 0 Å². The number of benzene rings is 3. The van der Waals surface area contributed by atoms with Crippen LogP contribution in [-0.4, -0.2) is 35.4 Å². The number of nitrogens with zero attached hydrogens (tertiary/aromatic N) is 1. The Morgan fingerprint density at radius 3 is 2.32 bits per heavy atom. The number of nitrogens with one attached hydrogen (secondary N) is 1. The Morgan fingerprint density at radius 1 is 0.921 bits per heavy atom. The minimum absolute atomic E-state index is 0.122. The van der Waals surface area contributed by atoms with E-state index in [1.165, 1.54) is 12.0 Å². The third-order valence-corrected chi connectivity index (χ3v) is 7.39.